The van der Waals surface area contributed by atoms with Crippen molar-refractivity contribution in [2.75, 3.05) is 0 Å². The van der Waals surface area contributed by atoms with E-state index < -0.39 is 11.8 Å². The fourth-order valence-electron chi connectivity index (χ4n) is 3.74. The van der Waals surface area contributed by atoms with Crippen molar-refractivity contribution in [3.63, 3.8) is 0 Å². The molecular formula is C20H15F3N2O. The highest BCUT2D eigenvalue weighted by Gasteiger charge is 2.61. The number of aliphatic hydroxyl groups is 1. The van der Waals surface area contributed by atoms with Crippen molar-refractivity contribution in [2.24, 2.45) is 0 Å². The summed E-state index contributed by atoms with van der Waals surface area (Å²) in [6.45, 7) is 3.59. The number of aryl methyl sites for hydroxylation is 1. The largest absolute Gasteiger partial charge is 0.425 e. The first-order chi connectivity index (χ1) is 12.3. The molecule has 1 atom stereocenters. The van der Waals surface area contributed by atoms with Crippen LogP contribution in [0.5, 0.6) is 0 Å². The van der Waals surface area contributed by atoms with Crippen molar-refractivity contribution in [3.8, 4) is 22.3 Å². The number of hydrogen-bond acceptors (Lipinski definition) is 3. The number of rotatable bonds is 1. The summed E-state index contributed by atoms with van der Waals surface area (Å²) in [7, 11) is 0. The predicted octanol–water partition coefficient (Wildman–Crippen LogP) is 4.54. The van der Waals surface area contributed by atoms with Gasteiger partial charge in [-0.3, -0.25) is 0 Å². The highest BCUT2D eigenvalue weighted by molar-refractivity contribution is 5.94. The van der Waals surface area contributed by atoms with Gasteiger partial charge in [0.15, 0.2) is 0 Å². The fraction of sp³-hybridized carbons (Fsp3) is 0.200. The standard InChI is InChI=1S/C20H15F3N2O/c1-11-7-16-18(17(12(11)2)13-8-24-10-25-9-13)14-5-3-4-6-15(14)19(16,26)20(21,22)23/h3-10,26H,1-2H3. The van der Waals surface area contributed by atoms with Crippen molar-refractivity contribution < 1.29 is 18.3 Å². The van der Waals surface area contributed by atoms with E-state index in [4.69, 9.17) is 0 Å². The Labute approximate surface area is 148 Å². The van der Waals surface area contributed by atoms with Crippen molar-refractivity contribution in [1.82, 2.24) is 9.97 Å². The zero-order valence-corrected chi connectivity index (χ0v) is 14.1. The smallest absolute Gasteiger partial charge is 0.372 e. The molecule has 0 aliphatic heterocycles. The third kappa shape index (κ3) is 2.05. The normalized spacial score (nSPS) is 18.5. The van der Waals surface area contributed by atoms with Crippen LogP contribution in [0.3, 0.4) is 0 Å². The van der Waals surface area contributed by atoms with Gasteiger partial charge in [-0.05, 0) is 41.7 Å². The molecule has 1 aliphatic rings. The number of nitrogens with zero attached hydrogens (tertiary/aromatic N) is 2. The quantitative estimate of drug-likeness (QED) is 0.696. The van der Waals surface area contributed by atoms with Crippen molar-refractivity contribution >= 4 is 0 Å². The molecule has 0 radical (unpaired) electrons. The van der Waals surface area contributed by atoms with Gasteiger partial charge in [0.25, 0.3) is 0 Å². The zero-order chi connectivity index (χ0) is 18.7. The van der Waals surface area contributed by atoms with Crippen molar-refractivity contribution in [2.45, 2.75) is 25.6 Å². The lowest BCUT2D eigenvalue weighted by atomic mass is 9.85. The van der Waals surface area contributed by atoms with Gasteiger partial charge in [0.1, 0.15) is 6.33 Å². The van der Waals surface area contributed by atoms with Crippen LogP contribution in [0.25, 0.3) is 22.3 Å². The number of alkyl halides is 3. The Morgan fingerprint density at radius 3 is 2.27 bits per heavy atom. The second-order valence-electron chi connectivity index (χ2n) is 6.50. The van der Waals surface area contributed by atoms with Gasteiger partial charge >= 0.3 is 6.18 Å². The summed E-state index contributed by atoms with van der Waals surface area (Å²) < 4.78 is 42.0. The Balaban J connectivity index is 2.19. The van der Waals surface area contributed by atoms with E-state index in [-0.39, 0.29) is 11.1 Å². The Kier molecular flexibility index (Phi) is 3.46. The molecule has 0 saturated heterocycles. The summed E-state index contributed by atoms with van der Waals surface area (Å²) in [6, 6.07) is 7.56. The van der Waals surface area contributed by atoms with Crippen LogP contribution in [-0.2, 0) is 5.60 Å². The first-order valence-corrected chi connectivity index (χ1v) is 8.06. The van der Waals surface area contributed by atoms with E-state index in [2.05, 4.69) is 9.97 Å². The van der Waals surface area contributed by atoms with E-state index in [0.29, 0.717) is 27.8 Å². The maximum Gasteiger partial charge on any atom is 0.425 e. The van der Waals surface area contributed by atoms with Crippen LogP contribution in [0.4, 0.5) is 13.2 Å². The monoisotopic (exact) mass is 356 g/mol. The van der Waals surface area contributed by atoms with Crippen LogP contribution in [0.15, 0.2) is 49.1 Å². The molecule has 2 aromatic carbocycles. The molecule has 0 bridgehead atoms. The number of hydrogen-bond donors (Lipinski definition) is 1. The number of aromatic nitrogens is 2. The third-order valence-electron chi connectivity index (χ3n) is 5.08. The first kappa shape index (κ1) is 16.7. The van der Waals surface area contributed by atoms with Gasteiger partial charge in [-0.1, -0.05) is 30.3 Å². The van der Waals surface area contributed by atoms with E-state index in [0.717, 1.165) is 5.56 Å². The van der Waals surface area contributed by atoms with Gasteiger partial charge < -0.3 is 5.11 Å². The topological polar surface area (TPSA) is 46.0 Å². The molecule has 0 spiro atoms. The summed E-state index contributed by atoms with van der Waals surface area (Å²) >= 11 is 0. The molecule has 26 heavy (non-hydrogen) atoms. The molecule has 1 aromatic heterocycles. The second kappa shape index (κ2) is 5.38. The van der Waals surface area contributed by atoms with Gasteiger partial charge in [0.2, 0.25) is 5.60 Å². The van der Waals surface area contributed by atoms with E-state index in [1.165, 1.54) is 24.5 Å². The van der Waals surface area contributed by atoms with Crippen LogP contribution >= 0.6 is 0 Å². The van der Waals surface area contributed by atoms with Crippen molar-refractivity contribution in [1.29, 1.82) is 0 Å². The molecule has 3 nitrogen and oxygen atoms in total. The Morgan fingerprint density at radius 1 is 0.962 bits per heavy atom. The highest BCUT2D eigenvalue weighted by atomic mass is 19.4. The van der Waals surface area contributed by atoms with E-state index in [1.54, 1.807) is 31.5 Å². The van der Waals surface area contributed by atoms with Gasteiger partial charge in [0, 0.05) is 29.1 Å². The summed E-state index contributed by atoms with van der Waals surface area (Å²) in [4.78, 5) is 8.01. The molecule has 0 fully saturated rings. The summed E-state index contributed by atoms with van der Waals surface area (Å²) in [5.41, 5.74) is 0.167. The van der Waals surface area contributed by atoms with Gasteiger partial charge in [-0.2, -0.15) is 13.2 Å². The number of fused-ring (bicyclic) bond motifs is 3. The molecule has 0 saturated carbocycles. The lowest BCUT2D eigenvalue weighted by Crippen LogP contribution is -2.41. The first-order valence-electron chi connectivity index (χ1n) is 8.06. The molecule has 1 N–H and O–H groups in total. The Morgan fingerprint density at radius 2 is 1.62 bits per heavy atom. The SMILES string of the molecule is Cc1cc2c(c(-c3cncnc3)c1C)-c1ccccc1C2(O)C(F)(F)F. The molecule has 4 rings (SSSR count). The van der Waals surface area contributed by atoms with Crippen LogP contribution < -0.4 is 0 Å². The maximum absolute atomic E-state index is 14.0. The molecule has 1 heterocycles. The van der Waals surface area contributed by atoms with Crippen molar-refractivity contribution in [3.05, 3.63) is 71.3 Å². The Bertz CT molecular complexity index is 1020. The average molecular weight is 356 g/mol. The summed E-state index contributed by atoms with van der Waals surface area (Å²) in [6.07, 6.45) is -0.333. The molecule has 6 heteroatoms. The van der Waals surface area contributed by atoms with Crippen LogP contribution in [0, 0.1) is 13.8 Å². The third-order valence-corrected chi connectivity index (χ3v) is 5.08. The molecule has 1 aliphatic carbocycles. The lowest BCUT2D eigenvalue weighted by molar-refractivity contribution is -0.246. The maximum atomic E-state index is 14.0. The average Bonchev–Trinajstić information content (AvgIpc) is 2.87. The highest BCUT2D eigenvalue weighted by Crippen LogP contribution is 2.57. The molecule has 1 unspecified atom stereocenters. The van der Waals surface area contributed by atoms with Gasteiger partial charge in [-0.25, -0.2) is 9.97 Å². The minimum atomic E-state index is -4.85. The van der Waals surface area contributed by atoms with E-state index >= 15 is 0 Å². The lowest BCUT2D eigenvalue weighted by Gasteiger charge is -2.29. The van der Waals surface area contributed by atoms with E-state index in [9.17, 15) is 18.3 Å². The van der Waals surface area contributed by atoms with Gasteiger partial charge in [0.05, 0.1) is 0 Å². The Hall–Kier alpha value is -2.73. The summed E-state index contributed by atoms with van der Waals surface area (Å²) in [5.74, 6) is 0. The minimum Gasteiger partial charge on any atom is -0.372 e. The molecule has 0 amide bonds. The number of benzene rings is 2. The molecule has 3 aromatic rings. The number of halogens is 3. The van der Waals surface area contributed by atoms with E-state index in [1.807, 2.05) is 6.92 Å². The predicted molar refractivity (Wildman–Crippen MR) is 91.4 cm³/mol. The zero-order valence-electron chi connectivity index (χ0n) is 14.1. The molecule has 132 valence electrons. The second-order valence-corrected chi connectivity index (χ2v) is 6.50. The fourth-order valence-corrected chi connectivity index (χ4v) is 3.74. The van der Waals surface area contributed by atoms with Gasteiger partial charge in [-0.15, -0.1) is 0 Å². The van der Waals surface area contributed by atoms with Crippen LogP contribution in [-0.4, -0.2) is 21.3 Å². The van der Waals surface area contributed by atoms with Crippen LogP contribution in [0.1, 0.15) is 22.3 Å². The summed E-state index contributed by atoms with van der Waals surface area (Å²) in [5, 5.41) is 10.9. The van der Waals surface area contributed by atoms with Crippen LogP contribution in [0.2, 0.25) is 0 Å². The minimum absolute atomic E-state index is 0.145. The molecular weight excluding hydrogens is 341 g/mol.